The van der Waals surface area contributed by atoms with Crippen LogP contribution in [-0.4, -0.2) is 51.3 Å². The van der Waals surface area contributed by atoms with Gasteiger partial charge in [0.05, 0.1) is 11.3 Å². The second-order valence-electron chi connectivity index (χ2n) is 13.9. The number of hydrogen-bond donors (Lipinski definition) is 2. The number of nitrogen functional groups attached to an aromatic ring is 1. The lowest BCUT2D eigenvalue weighted by Crippen LogP contribution is -2.39. The fourth-order valence-electron chi connectivity index (χ4n) is 6.42. The number of nitrogens with zero attached hydrogens (tertiary/aromatic N) is 5. The third-order valence-corrected chi connectivity index (χ3v) is 8.87. The number of ether oxygens (including phenoxy) is 1. The zero-order chi connectivity index (χ0) is 31.3. The number of carbonyl (C=O) groups is 1. The molecular weight excluding hydrogens is 540 g/mol. The summed E-state index contributed by atoms with van der Waals surface area (Å²) in [6.45, 7) is 19.5. The monoisotopic (exact) mass is 586 g/mol. The molecule has 0 radical (unpaired) electrons. The Morgan fingerprint density at radius 1 is 1.02 bits per heavy atom. The molecule has 9 nitrogen and oxygen atoms in total. The second kappa shape index (κ2) is 11.4. The third-order valence-electron chi connectivity index (χ3n) is 8.87. The van der Waals surface area contributed by atoms with Crippen molar-refractivity contribution in [2.45, 2.75) is 92.9 Å². The van der Waals surface area contributed by atoms with Crippen LogP contribution in [0, 0.1) is 26.2 Å². The van der Waals surface area contributed by atoms with Crippen LogP contribution in [0.1, 0.15) is 87.2 Å². The molecule has 0 spiro atoms. The maximum Gasteiger partial charge on any atom is 0.337 e. The van der Waals surface area contributed by atoms with Gasteiger partial charge in [0.2, 0.25) is 0 Å². The Kier molecular flexibility index (Phi) is 8.15. The van der Waals surface area contributed by atoms with Crippen molar-refractivity contribution in [3.63, 3.8) is 0 Å². The van der Waals surface area contributed by atoms with Gasteiger partial charge in [-0.15, -0.1) is 0 Å². The zero-order valence-electron chi connectivity index (χ0n) is 26.9. The van der Waals surface area contributed by atoms with E-state index in [0.717, 1.165) is 79.3 Å². The van der Waals surface area contributed by atoms with Gasteiger partial charge in [0.25, 0.3) is 0 Å². The summed E-state index contributed by atoms with van der Waals surface area (Å²) in [4.78, 5) is 31.0. The van der Waals surface area contributed by atoms with Gasteiger partial charge in [-0.3, -0.25) is 4.98 Å². The van der Waals surface area contributed by atoms with Gasteiger partial charge in [-0.2, -0.15) is 0 Å². The largest absolute Gasteiger partial charge is 0.479 e. The van der Waals surface area contributed by atoms with Crippen LogP contribution in [0.2, 0.25) is 0 Å². The highest BCUT2D eigenvalue weighted by Crippen LogP contribution is 2.45. The van der Waals surface area contributed by atoms with Crippen LogP contribution in [0.3, 0.4) is 0 Å². The SMILES string of the molecule is Cc1nc(C)c([C@H](OC(C)(C)C)C(=O)O)c(N2CCC(C)(C)CC2)c1-c1ccc2c(c1)CCN(c1ncnc(N)c1C)C2. The van der Waals surface area contributed by atoms with E-state index >= 15 is 0 Å². The first-order valence-corrected chi connectivity index (χ1v) is 15.3. The number of benzene rings is 1. The second-order valence-corrected chi connectivity index (χ2v) is 13.9. The summed E-state index contributed by atoms with van der Waals surface area (Å²) in [7, 11) is 0. The Balaban J connectivity index is 1.62. The molecule has 0 saturated carbocycles. The minimum absolute atomic E-state index is 0.243. The molecule has 1 atom stereocenters. The van der Waals surface area contributed by atoms with Crippen LogP contribution in [-0.2, 0) is 22.5 Å². The average molecular weight is 587 g/mol. The smallest absolute Gasteiger partial charge is 0.337 e. The Labute approximate surface area is 255 Å². The predicted octanol–water partition coefficient (Wildman–Crippen LogP) is 6.18. The summed E-state index contributed by atoms with van der Waals surface area (Å²) < 4.78 is 6.24. The summed E-state index contributed by atoms with van der Waals surface area (Å²) in [5, 5.41) is 10.5. The summed E-state index contributed by atoms with van der Waals surface area (Å²) in [5.41, 5.74) is 14.3. The highest BCUT2D eigenvalue weighted by atomic mass is 16.5. The van der Waals surface area contributed by atoms with Crippen molar-refractivity contribution in [1.82, 2.24) is 15.0 Å². The van der Waals surface area contributed by atoms with E-state index in [9.17, 15) is 9.90 Å². The number of aromatic nitrogens is 3. The van der Waals surface area contributed by atoms with Gasteiger partial charge in [0.1, 0.15) is 18.0 Å². The lowest BCUT2D eigenvalue weighted by Gasteiger charge is -2.41. The molecule has 0 unspecified atom stereocenters. The number of hydrogen-bond acceptors (Lipinski definition) is 8. The van der Waals surface area contributed by atoms with E-state index in [1.807, 2.05) is 41.5 Å². The number of nitrogens with two attached hydrogens (primary N) is 1. The summed E-state index contributed by atoms with van der Waals surface area (Å²) in [6, 6.07) is 6.62. The number of pyridine rings is 1. The van der Waals surface area contributed by atoms with Crippen LogP contribution in [0.5, 0.6) is 0 Å². The van der Waals surface area contributed by atoms with Crippen molar-refractivity contribution >= 4 is 23.3 Å². The maximum atomic E-state index is 12.8. The molecule has 0 bridgehead atoms. The minimum Gasteiger partial charge on any atom is -0.479 e. The van der Waals surface area contributed by atoms with Crippen LogP contribution < -0.4 is 15.5 Å². The number of anilines is 3. The number of carboxylic acids is 1. The molecule has 43 heavy (non-hydrogen) atoms. The Bertz CT molecular complexity index is 1530. The first-order valence-electron chi connectivity index (χ1n) is 15.3. The zero-order valence-corrected chi connectivity index (χ0v) is 26.9. The van der Waals surface area contributed by atoms with E-state index in [0.29, 0.717) is 17.1 Å². The number of rotatable bonds is 6. The molecule has 0 amide bonds. The lowest BCUT2D eigenvalue weighted by molar-refractivity contribution is -0.160. The van der Waals surface area contributed by atoms with Crippen molar-refractivity contribution < 1.29 is 14.6 Å². The van der Waals surface area contributed by atoms with Gasteiger partial charge in [-0.25, -0.2) is 14.8 Å². The molecule has 3 N–H and O–H groups in total. The lowest BCUT2D eigenvalue weighted by atomic mass is 9.81. The Hall–Kier alpha value is -3.72. The maximum absolute atomic E-state index is 12.8. The first kappa shape index (κ1) is 30.7. The molecule has 2 aromatic heterocycles. The summed E-state index contributed by atoms with van der Waals surface area (Å²) in [5.74, 6) is 0.381. The summed E-state index contributed by atoms with van der Waals surface area (Å²) in [6.07, 6.45) is 3.30. The fourth-order valence-corrected chi connectivity index (χ4v) is 6.42. The van der Waals surface area contributed by atoms with Gasteiger partial charge in [0, 0.05) is 54.3 Å². The third kappa shape index (κ3) is 6.32. The number of aryl methyl sites for hydroxylation is 2. The topological polar surface area (TPSA) is 118 Å². The van der Waals surface area contributed by atoms with Crippen molar-refractivity contribution in [2.24, 2.45) is 5.41 Å². The number of piperidine rings is 1. The highest BCUT2D eigenvalue weighted by molar-refractivity contribution is 5.88. The van der Waals surface area contributed by atoms with E-state index in [-0.39, 0.29) is 5.41 Å². The number of fused-ring (bicyclic) bond motifs is 1. The van der Waals surface area contributed by atoms with E-state index in [4.69, 9.17) is 15.5 Å². The molecule has 5 rings (SSSR count). The molecule has 3 aromatic rings. The molecule has 9 heteroatoms. The van der Waals surface area contributed by atoms with E-state index in [1.165, 1.54) is 17.5 Å². The normalized spacial score (nSPS) is 17.5. The van der Waals surface area contributed by atoms with Crippen molar-refractivity contribution in [2.75, 3.05) is 35.2 Å². The van der Waals surface area contributed by atoms with E-state index < -0.39 is 17.7 Å². The van der Waals surface area contributed by atoms with Crippen LogP contribution in [0.15, 0.2) is 24.5 Å². The number of carboxylic acid groups (broad SMARTS) is 1. The minimum atomic E-state index is -1.13. The number of aliphatic carboxylic acids is 1. The molecule has 4 heterocycles. The van der Waals surface area contributed by atoms with E-state index in [1.54, 1.807) is 0 Å². The van der Waals surface area contributed by atoms with Crippen molar-refractivity contribution in [3.05, 3.63) is 58.2 Å². The van der Waals surface area contributed by atoms with Gasteiger partial charge in [-0.1, -0.05) is 32.0 Å². The Morgan fingerprint density at radius 3 is 2.37 bits per heavy atom. The van der Waals surface area contributed by atoms with Gasteiger partial charge < -0.3 is 25.4 Å². The molecular formula is C34H46N6O3. The molecule has 2 aliphatic heterocycles. The van der Waals surface area contributed by atoms with Crippen molar-refractivity contribution in [3.8, 4) is 11.1 Å². The molecule has 230 valence electrons. The van der Waals surface area contributed by atoms with E-state index in [2.05, 4.69) is 51.8 Å². The molecule has 0 aliphatic carbocycles. The Morgan fingerprint density at radius 2 is 1.72 bits per heavy atom. The van der Waals surface area contributed by atoms with Crippen LogP contribution in [0.25, 0.3) is 11.1 Å². The first-order chi connectivity index (χ1) is 20.1. The van der Waals surface area contributed by atoms with Gasteiger partial charge in [-0.05, 0) is 82.9 Å². The van der Waals surface area contributed by atoms with Gasteiger partial charge >= 0.3 is 5.97 Å². The molecule has 1 saturated heterocycles. The van der Waals surface area contributed by atoms with Crippen LogP contribution in [0.4, 0.5) is 17.3 Å². The van der Waals surface area contributed by atoms with Gasteiger partial charge in [0.15, 0.2) is 6.10 Å². The van der Waals surface area contributed by atoms with Crippen LogP contribution >= 0.6 is 0 Å². The van der Waals surface area contributed by atoms with Crippen molar-refractivity contribution in [1.29, 1.82) is 0 Å². The highest BCUT2D eigenvalue weighted by Gasteiger charge is 2.36. The fraction of sp³-hybridized carbons (Fsp3) is 0.529. The summed E-state index contributed by atoms with van der Waals surface area (Å²) >= 11 is 0. The molecule has 2 aliphatic rings. The standard InChI is InChI=1S/C34H46N6O3/c1-20-30(35)36-19-37-31(20)40-14-11-23-17-24(9-10-25(23)18-40)26-21(2)38-22(3)27(29(32(41)42)43-33(4,5)6)28(26)39-15-12-34(7,8)13-16-39/h9-10,17,19,29H,11-16,18H2,1-8H3,(H,41,42)(H2,35,36,37)/t29-/m0/s1. The predicted molar refractivity (Wildman–Crippen MR) is 172 cm³/mol. The quantitative estimate of drug-likeness (QED) is 0.349. The molecule has 1 fully saturated rings. The molecule has 1 aromatic carbocycles. The average Bonchev–Trinajstić information content (AvgIpc) is 2.92.